The molecule has 1 rings (SSSR count). The quantitative estimate of drug-likeness (QED) is 0.874. The van der Waals surface area contributed by atoms with Gasteiger partial charge in [0.2, 0.25) is 0 Å². The van der Waals surface area contributed by atoms with Crippen LogP contribution in [0.25, 0.3) is 0 Å². The predicted octanol–water partition coefficient (Wildman–Crippen LogP) is 2.62. The number of aliphatic hydroxyl groups excluding tert-OH is 2. The molecule has 0 fully saturated rings. The fraction of sp³-hybridized carbons (Fsp3) is 0.538. The molecule has 1 aromatic carbocycles. The van der Waals surface area contributed by atoms with Crippen LogP contribution in [0.2, 0.25) is 0 Å². The van der Waals surface area contributed by atoms with E-state index in [9.17, 15) is 10.2 Å². The van der Waals surface area contributed by atoms with Crippen LogP contribution in [0.4, 0.5) is 0 Å². The van der Waals surface area contributed by atoms with Crippen LogP contribution in [0.5, 0.6) is 0 Å². The Hall–Kier alpha value is -0.380. The molecule has 0 bridgehead atoms. The Labute approximate surface area is 105 Å². The monoisotopic (exact) mass is 286 g/mol. The molecule has 90 valence electrons. The average Bonchev–Trinajstić information content (AvgIpc) is 2.28. The van der Waals surface area contributed by atoms with Crippen LogP contribution in [-0.2, 0) is 6.42 Å². The van der Waals surface area contributed by atoms with E-state index in [0.29, 0.717) is 6.42 Å². The highest BCUT2D eigenvalue weighted by atomic mass is 79.9. The highest BCUT2D eigenvalue weighted by molar-refractivity contribution is 9.10. The zero-order valence-corrected chi connectivity index (χ0v) is 11.4. The number of hydrogen-bond donors (Lipinski definition) is 2. The lowest BCUT2D eigenvalue weighted by Gasteiger charge is -2.34. The van der Waals surface area contributed by atoms with E-state index in [1.807, 2.05) is 38.1 Å². The van der Waals surface area contributed by atoms with Gasteiger partial charge in [-0.1, -0.05) is 48.0 Å². The van der Waals surface area contributed by atoms with Crippen LogP contribution in [-0.4, -0.2) is 23.4 Å². The normalized spacial score (nSPS) is 12.1. The molecule has 0 amide bonds. The lowest BCUT2D eigenvalue weighted by Crippen LogP contribution is -2.37. The summed E-state index contributed by atoms with van der Waals surface area (Å²) in [6.07, 6.45) is 0.680. The predicted molar refractivity (Wildman–Crippen MR) is 69.3 cm³/mol. The number of hydrogen-bond acceptors (Lipinski definition) is 2. The third-order valence-corrected chi connectivity index (χ3v) is 4.13. The first-order chi connectivity index (χ1) is 7.55. The Bertz CT molecular complexity index is 332. The molecule has 0 saturated carbocycles. The van der Waals surface area contributed by atoms with Crippen LogP contribution < -0.4 is 0 Å². The van der Waals surface area contributed by atoms with Crippen molar-refractivity contribution in [2.45, 2.75) is 20.3 Å². The molecule has 0 radical (unpaired) electrons. The van der Waals surface area contributed by atoms with Crippen molar-refractivity contribution in [2.24, 2.45) is 11.3 Å². The molecule has 2 N–H and O–H groups in total. The van der Waals surface area contributed by atoms with Gasteiger partial charge in [0.1, 0.15) is 0 Å². The molecular weight excluding hydrogens is 268 g/mol. The molecule has 0 spiro atoms. The Morgan fingerprint density at radius 2 is 1.75 bits per heavy atom. The summed E-state index contributed by atoms with van der Waals surface area (Å²) in [5, 5.41) is 19.0. The fourth-order valence-electron chi connectivity index (χ4n) is 1.75. The maximum absolute atomic E-state index is 9.52. The summed E-state index contributed by atoms with van der Waals surface area (Å²) in [6, 6.07) is 7.93. The van der Waals surface area contributed by atoms with Crippen LogP contribution in [0.15, 0.2) is 28.7 Å². The summed E-state index contributed by atoms with van der Waals surface area (Å²) < 4.78 is 1.03. The highest BCUT2D eigenvalue weighted by Crippen LogP contribution is 2.33. The summed E-state index contributed by atoms with van der Waals surface area (Å²) >= 11 is 3.49. The van der Waals surface area contributed by atoms with Gasteiger partial charge in [-0.05, 0) is 24.0 Å². The molecule has 0 saturated heterocycles. The number of aliphatic hydroxyl groups is 2. The van der Waals surface area contributed by atoms with Crippen LogP contribution in [0.1, 0.15) is 19.4 Å². The standard InChI is InChI=1S/C13H19BrO2/c1-10(2)13(8-15,9-16)7-11-5-3-4-6-12(11)14/h3-6,10,15-16H,7-9H2,1-2H3. The summed E-state index contributed by atoms with van der Waals surface area (Å²) in [6.45, 7) is 4.07. The second kappa shape index (κ2) is 5.80. The van der Waals surface area contributed by atoms with Crippen molar-refractivity contribution in [3.05, 3.63) is 34.3 Å². The summed E-state index contributed by atoms with van der Waals surface area (Å²) in [4.78, 5) is 0. The Balaban J connectivity index is 2.96. The van der Waals surface area contributed by atoms with Gasteiger partial charge in [-0.2, -0.15) is 0 Å². The third-order valence-electron chi connectivity index (χ3n) is 3.35. The van der Waals surface area contributed by atoms with Gasteiger partial charge >= 0.3 is 0 Å². The topological polar surface area (TPSA) is 40.5 Å². The lowest BCUT2D eigenvalue weighted by molar-refractivity contribution is 0.0162. The SMILES string of the molecule is CC(C)C(CO)(CO)Cc1ccccc1Br. The molecule has 0 aromatic heterocycles. The van der Waals surface area contributed by atoms with Gasteiger partial charge in [0, 0.05) is 9.89 Å². The molecular formula is C13H19BrO2. The van der Waals surface area contributed by atoms with E-state index in [-0.39, 0.29) is 19.1 Å². The number of benzene rings is 1. The molecule has 0 aliphatic carbocycles. The van der Waals surface area contributed by atoms with Crippen molar-refractivity contribution < 1.29 is 10.2 Å². The number of rotatable bonds is 5. The maximum atomic E-state index is 9.52. The molecule has 3 heteroatoms. The van der Waals surface area contributed by atoms with Crippen LogP contribution in [0.3, 0.4) is 0 Å². The fourth-order valence-corrected chi connectivity index (χ4v) is 2.18. The largest absolute Gasteiger partial charge is 0.396 e. The first kappa shape index (κ1) is 13.7. The van der Waals surface area contributed by atoms with Gasteiger partial charge < -0.3 is 10.2 Å². The maximum Gasteiger partial charge on any atom is 0.0515 e. The van der Waals surface area contributed by atoms with E-state index < -0.39 is 5.41 Å². The van der Waals surface area contributed by atoms with Gasteiger partial charge in [0.05, 0.1) is 13.2 Å². The smallest absolute Gasteiger partial charge is 0.0515 e. The molecule has 0 unspecified atom stereocenters. The van der Waals surface area contributed by atoms with Gasteiger partial charge in [-0.3, -0.25) is 0 Å². The van der Waals surface area contributed by atoms with E-state index in [4.69, 9.17) is 0 Å². The molecule has 0 atom stereocenters. The second-order valence-corrected chi connectivity index (χ2v) is 5.46. The summed E-state index contributed by atoms with van der Waals surface area (Å²) in [7, 11) is 0. The highest BCUT2D eigenvalue weighted by Gasteiger charge is 2.33. The van der Waals surface area contributed by atoms with E-state index >= 15 is 0 Å². The van der Waals surface area contributed by atoms with Gasteiger partial charge in [0.25, 0.3) is 0 Å². The second-order valence-electron chi connectivity index (χ2n) is 4.60. The molecule has 0 heterocycles. The number of halogens is 1. The Kier molecular flexibility index (Phi) is 4.96. The minimum absolute atomic E-state index is 0.00248. The Morgan fingerprint density at radius 3 is 2.19 bits per heavy atom. The van der Waals surface area contributed by atoms with Crippen molar-refractivity contribution in [1.82, 2.24) is 0 Å². The summed E-state index contributed by atoms with van der Waals surface area (Å²) in [5.41, 5.74) is 0.684. The first-order valence-corrected chi connectivity index (χ1v) is 6.30. The van der Waals surface area contributed by atoms with Crippen molar-refractivity contribution in [1.29, 1.82) is 0 Å². The zero-order valence-electron chi connectivity index (χ0n) is 9.78. The molecule has 2 nitrogen and oxygen atoms in total. The lowest BCUT2D eigenvalue weighted by atomic mass is 9.74. The van der Waals surface area contributed by atoms with Crippen LogP contribution >= 0.6 is 15.9 Å². The van der Waals surface area contributed by atoms with E-state index in [0.717, 1.165) is 10.0 Å². The van der Waals surface area contributed by atoms with Gasteiger partial charge in [-0.25, -0.2) is 0 Å². The molecule has 1 aromatic rings. The molecule has 0 aliphatic rings. The molecule has 16 heavy (non-hydrogen) atoms. The minimum Gasteiger partial charge on any atom is -0.396 e. The van der Waals surface area contributed by atoms with E-state index in [2.05, 4.69) is 15.9 Å². The molecule has 0 aliphatic heterocycles. The van der Waals surface area contributed by atoms with Crippen molar-refractivity contribution in [3.8, 4) is 0 Å². The van der Waals surface area contributed by atoms with Gasteiger partial charge in [-0.15, -0.1) is 0 Å². The first-order valence-electron chi connectivity index (χ1n) is 5.51. The summed E-state index contributed by atoms with van der Waals surface area (Å²) in [5.74, 6) is 0.231. The zero-order chi connectivity index (χ0) is 12.2. The van der Waals surface area contributed by atoms with Crippen molar-refractivity contribution in [3.63, 3.8) is 0 Å². The average molecular weight is 287 g/mol. The van der Waals surface area contributed by atoms with Crippen molar-refractivity contribution in [2.75, 3.05) is 13.2 Å². The third kappa shape index (κ3) is 2.84. The minimum atomic E-state index is -0.441. The van der Waals surface area contributed by atoms with E-state index in [1.165, 1.54) is 0 Å². The van der Waals surface area contributed by atoms with Crippen LogP contribution in [0, 0.1) is 11.3 Å². The van der Waals surface area contributed by atoms with Gasteiger partial charge in [0.15, 0.2) is 0 Å². The Morgan fingerprint density at radius 1 is 1.19 bits per heavy atom. The van der Waals surface area contributed by atoms with E-state index in [1.54, 1.807) is 0 Å². The van der Waals surface area contributed by atoms with Crippen molar-refractivity contribution >= 4 is 15.9 Å².